The van der Waals surface area contributed by atoms with E-state index >= 15 is 0 Å². The van der Waals surface area contributed by atoms with Gasteiger partial charge in [0.25, 0.3) is 0 Å². The Morgan fingerprint density at radius 3 is 2.56 bits per heavy atom. The molecule has 1 rings (SSSR count). The number of rotatable bonds is 5. The third-order valence-electron chi connectivity index (χ3n) is 3.14. The summed E-state index contributed by atoms with van der Waals surface area (Å²) in [7, 11) is 1.62. The van der Waals surface area contributed by atoms with Crippen molar-refractivity contribution in [1.29, 1.82) is 0 Å². The van der Waals surface area contributed by atoms with Crippen molar-refractivity contribution >= 4 is 17.6 Å². The number of aliphatic carboxylic acids is 1. The molecule has 0 aliphatic carbocycles. The Morgan fingerprint density at radius 1 is 1.44 bits per heavy atom. The van der Waals surface area contributed by atoms with Gasteiger partial charge in [0.1, 0.15) is 5.75 Å². The van der Waals surface area contributed by atoms with Crippen molar-refractivity contribution in [3.63, 3.8) is 0 Å². The van der Waals surface area contributed by atoms with Crippen LogP contribution in [0.1, 0.15) is 37.8 Å². The van der Waals surface area contributed by atoms with Crippen molar-refractivity contribution in [3.8, 4) is 5.75 Å². The number of hydrogen-bond donors (Lipinski definition) is 1. The van der Waals surface area contributed by atoms with Crippen LogP contribution in [0.5, 0.6) is 5.75 Å². The molecule has 0 heterocycles. The molecule has 4 heteroatoms. The summed E-state index contributed by atoms with van der Waals surface area (Å²) in [5, 5.41) is 9.45. The van der Waals surface area contributed by atoms with Crippen LogP contribution in [0.15, 0.2) is 12.1 Å². The number of carbonyl (C=O) groups is 1. The van der Waals surface area contributed by atoms with Crippen LogP contribution in [0.25, 0.3) is 0 Å². The van der Waals surface area contributed by atoms with Gasteiger partial charge in [0, 0.05) is 17.0 Å². The SMILES string of the molecule is COc1c(C)cc(Cl)cc1C(C)(C)CCC(=O)O. The van der Waals surface area contributed by atoms with E-state index in [9.17, 15) is 4.79 Å². The zero-order chi connectivity index (χ0) is 13.9. The number of hydrogen-bond acceptors (Lipinski definition) is 2. The Labute approximate surface area is 113 Å². The Hall–Kier alpha value is -1.22. The van der Waals surface area contributed by atoms with Crippen LogP contribution in [-0.4, -0.2) is 18.2 Å². The van der Waals surface area contributed by atoms with Crippen LogP contribution in [0, 0.1) is 6.92 Å². The minimum Gasteiger partial charge on any atom is -0.496 e. The van der Waals surface area contributed by atoms with Gasteiger partial charge in [0.2, 0.25) is 0 Å². The average Bonchev–Trinajstić information content (AvgIpc) is 2.25. The predicted octanol–water partition coefficient (Wildman–Crippen LogP) is 3.80. The number of halogens is 1. The van der Waals surface area contributed by atoms with Crippen LogP contribution in [0.2, 0.25) is 5.02 Å². The lowest BCUT2D eigenvalue weighted by atomic mass is 9.79. The molecule has 0 saturated carbocycles. The van der Waals surface area contributed by atoms with E-state index in [0.29, 0.717) is 11.4 Å². The van der Waals surface area contributed by atoms with Crippen molar-refractivity contribution in [3.05, 3.63) is 28.3 Å². The monoisotopic (exact) mass is 270 g/mol. The first-order chi connectivity index (χ1) is 8.27. The van der Waals surface area contributed by atoms with Gasteiger partial charge in [-0.05, 0) is 36.5 Å². The predicted molar refractivity (Wildman–Crippen MR) is 72.6 cm³/mol. The fourth-order valence-electron chi connectivity index (χ4n) is 2.06. The average molecular weight is 271 g/mol. The van der Waals surface area contributed by atoms with Crippen molar-refractivity contribution in [2.24, 2.45) is 0 Å². The summed E-state index contributed by atoms with van der Waals surface area (Å²) in [6.45, 7) is 5.94. The number of benzene rings is 1. The molecule has 0 saturated heterocycles. The number of carboxylic acid groups (broad SMARTS) is 1. The van der Waals surface area contributed by atoms with Crippen LogP contribution in [0.4, 0.5) is 0 Å². The molecule has 0 aliphatic rings. The summed E-state index contributed by atoms with van der Waals surface area (Å²) in [5.41, 5.74) is 1.62. The molecule has 0 bridgehead atoms. The van der Waals surface area contributed by atoms with Crippen LogP contribution in [-0.2, 0) is 10.2 Å². The van der Waals surface area contributed by atoms with Crippen molar-refractivity contribution in [2.45, 2.75) is 39.0 Å². The van der Waals surface area contributed by atoms with Gasteiger partial charge in [-0.3, -0.25) is 4.79 Å². The maximum Gasteiger partial charge on any atom is 0.303 e. The molecule has 0 aromatic heterocycles. The van der Waals surface area contributed by atoms with Crippen molar-refractivity contribution in [1.82, 2.24) is 0 Å². The lowest BCUT2D eigenvalue weighted by molar-refractivity contribution is -0.137. The van der Waals surface area contributed by atoms with Gasteiger partial charge in [-0.25, -0.2) is 0 Å². The molecule has 0 atom stereocenters. The minimum absolute atomic E-state index is 0.127. The molecule has 100 valence electrons. The lowest BCUT2D eigenvalue weighted by Gasteiger charge is -2.27. The van der Waals surface area contributed by atoms with Gasteiger partial charge in [-0.15, -0.1) is 0 Å². The van der Waals surface area contributed by atoms with Gasteiger partial charge in [0.15, 0.2) is 0 Å². The molecule has 1 aromatic rings. The summed E-state index contributed by atoms with van der Waals surface area (Å²) in [5.74, 6) is -0.00409. The summed E-state index contributed by atoms with van der Waals surface area (Å²) >= 11 is 6.08. The first-order valence-corrected chi connectivity index (χ1v) is 6.22. The highest BCUT2D eigenvalue weighted by atomic mass is 35.5. The summed E-state index contributed by atoms with van der Waals surface area (Å²) in [6, 6.07) is 3.70. The third-order valence-corrected chi connectivity index (χ3v) is 3.35. The van der Waals surface area contributed by atoms with Crippen LogP contribution >= 0.6 is 11.6 Å². The van der Waals surface area contributed by atoms with E-state index in [0.717, 1.165) is 16.9 Å². The van der Waals surface area contributed by atoms with E-state index in [1.54, 1.807) is 7.11 Å². The van der Waals surface area contributed by atoms with Crippen molar-refractivity contribution in [2.75, 3.05) is 7.11 Å². The van der Waals surface area contributed by atoms with E-state index in [1.165, 1.54) is 0 Å². The standard InChI is InChI=1S/C14H19ClO3/c1-9-7-10(15)8-11(13(9)18-4)14(2,3)6-5-12(16)17/h7-8H,5-6H2,1-4H3,(H,16,17). The molecule has 1 aromatic carbocycles. The highest BCUT2D eigenvalue weighted by Crippen LogP contribution is 2.39. The maximum absolute atomic E-state index is 10.7. The number of methoxy groups -OCH3 is 1. The summed E-state index contributed by atoms with van der Waals surface area (Å²) in [4.78, 5) is 10.7. The Kier molecular flexibility index (Phi) is 4.63. The summed E-state index contributed by atoms with van der Waals surface area (Å²) < 4.78 is 5.42. The zero-order valence-electron chi connectivity index (χ0n) is 11.2. The molecule has 0 fully saturated rings. The summed E-state index contributed by atoms with van der Waals surface area (Å²) in [6.07, 6.45) is 0.667. The third kappa shape index (κ3) is 3.39. The van der Waals surface area contributed by atoms with E-state index in [2.05, 4.69) is 0 Å². The fraction of sp³-hybridized carbons (Fsp3) is 0.500. The molecule has 0 spiro atoms. The largest absolute Gasteiger partial charge is 0.496 e. The highest BCUT2D eigenvalue weighted by molar-refractivity contribution is 6.30. The normalized spacial score (nSPS) is 11.4. The Morgan fingerprint density at radius 2 is 2.06 bits per heavy atom. The smallest absolute Gasteiger partial charge is 0.303 e. The molecule has 0 amide bonds. The van der Waals surface area contributed by atoms with E-state index < -0.39 is 5.97 Å². The van der Waals surface area contributed by atoms with E-state index in [1.807, 2.05) is 32.9 Å². The second-order valence-corrected chi connectivity index (χ2v) is 5.52. The number of carboxylic acids is 1. The zero-order valence-corrected chi connectivity index (χ0v) is 12.0. The quantitative estimate of drug-likeness (QED) is 0.885. The molecule has 3 nitrogen and oxygen atoms in total. The second-order valence-electron chi connectivity index (χ2n) is 5.08. The van der Waals surface area contributed by atoms with Gasteiger partial charge in [-0.1, -0.05) is 25.4 Å². The van der Waals surface area contributed by atoms with Gasteiger partial charge in [-0.2, -0.15) is 0 Å². The van der Waals surface area contributed by atoms with E-state index in [-0.39, 0.29) is 11.8 Å². The van der Waals surface area contributed by atoms with Crippen molar-refractivity contribution < 1.29 is 14.6 Å². The topological polar surface area (TPSA) is 46.5 Å². The molecular weight excluding hydrogens is 252 g/mol. The van der Waals surface area contributed by atoms with Gasteiger partial charge >= 0.3 is 5.97 Å². The first-order valence-electron chi connectivity index (χ1n) is 5.84. The highest BCUT2D eigenvalue weighted by Gasteiger charge is 2.26. The minimum atomic E-state index is -0.791. The maximum atomic E-state index is 10.7. The van der Waals surface area contributed by atoms with Gasteiger partial charge in [0.05, 0.1) is 7.11 Å². The number of aryl methyl sites for hydroxylation is 1. The molecule has 0 radical (unpaired) electrons. The first kappa shape index (κ1) is 14.8. The Bertz CT molecular complexity index is 453. The fourth-order valence-corrected chi connectivity index (χ4v) is 2.33. The van der Waals surface area contributed by atoms with Crippen LogP contribution < -0.4 is 4.74 Å². The second kappa shape index (κ2) is 5.61. The molecular formula is C14H19ClO3. The van der Waals surface area contributed by atoms with E-state index in [4.69, 9.17) is 21.4 Å². The molecule has 0 unspecified atom stereocenters. The van der Waals surface area contributed by atoms with Gasteiger partial charge < -0.3 is 9.84 Å². The van der Waals surface area contributed by atoms with Crippen LogP contribution in [0.3, 0.4) is 0 Å². The molecule has 18 heavy (non-hydrogen) atoms. The molecule has 0 aliphatic heterocycles. The molecule has 1 N–H and O–H groups in total. The lowest BCUT2D eigenvalue weighted by Crippen LogP contribution is -2.20. The number of ether oxygens (including phenoxy) is 1. The Balaban J connectivity index is 3.17.